The molecule has 6 nitrogen and oxygen atoms in total. The van der Waals surface area contributed by atoms with Gasteiger partial charge in [-0.25, -0.2) is 4.98 Å². The van der Waals surface area contributed by atoms with Crippen LogP contribution in [0.2, 0.25) is 0 Å². The number of fused-ring (bicyclic) bond motifs is 1. The van der Waals surface area contributed by atoms with Crippen LogP contribution in [0.1, 0.15) is 31.6 Å². The zero-order chi connectivity index (χ0) is 14.9. The number of halogens is 2. The van der Waals surface area contributed by atoms with Crippen LogP contribution in [0.25, 0.3) is 11.0 Å². The second-order valence-corrected chi connectivity index (χ2v) is 5.60. The molecule has 0 spiro atoms. The van der Waals surface area contributed by atoms with Crippen molar-refractivity contribution in [3.05, 3.63) is 30.1 Å². The molecule has 0 radical (unpaired) electrons. The largest absolute Gasteiger partial charge is 0.381 e. The van der Waals surface area contributed by atoms with Crippen molar-refractivity contribution >= 4 is 41.8 Å². The summed E-state index contributed by atoms with van der Waals surface area (Å²) in [5.74, 6) is 0.596. The van der Waals surface area contributed by atoms with Crippen LogP contribution in [0.5, 0.6) is 0 Å². The number of imidazole rings is 1. The van der Waals surface area contributed by atoms with Crippen LogP contribution in [0.15, 0.2) is 24.3 Å². The van der Waals surface area contributed by atoms with Crippen molar-refractivity contribution in [1.29, 1.82) is 0 Å². The molecule has 1 aromatic carbocycles. The van der Waals surface area contributed by atoms with Gasteiger partial charge in [-0.3, -0.25) is 4.79 Å². The third-order valence-electron chi connectivity index (χ3n) is 4.00. The molecular weight excluding hydrogens is 339 g/mol. The minimum atomic E-state index is -0.835. The zero-order valence-corrected chi connectivity index (χ0v) is 14.5. The Bertz CT molecular complexity index is 623. The Hall–Kier alpha value is -1.34. The van der Waals surface area contributed by atoms with Crippen molar-refractivity contribution in [3.8, 4) is 0 Å². The van der Waals surface area contributed by atoms with E-state index in [2.05, 4.69) is 15.3 Å². The Kier molecular flexibility index (Phi) is 6.83. The van der Waals surface area contributed by atoms with Crippen LogP contribution in [0.3, 0.4) is 0 Å². The second-order valence-electron chi connectivity index (χ2n) is 5.60. The van der Waals surface area contributed by atoms with Gasteiger partial charge in [0.25, 0.3) is 0 Å². The van der Waals surface area contributed by atoms with Gasteiger partial charge in [0.15, 0.2) is 0 Å². The summed E-state index contributed by atoms with van der Waals surface area (Å²) in [5, 5.41) is 2.95. The first-order chi connectivity index (χ1) is 10.1. The first kappa shape index (κ1) is 19.7. The topological polar surface area (TPSA) is 93.0 Å². The Morgan fingerprint density at radius 2 is 2.00 bits per heavy atom. The molecule has 128 valence electrons. The molecule has 1 saturated heterocycles. The van der Waals surface area contributed by atoms with E-state index in [4.69, 9.17) is 10.5 Å². The van der Waals surface area contributed by atoms with E-state index in [1.807, 2.05) is 31.2 Å². The minimum Gasteiger partial charge on any atom is -0.381 e. The van der Waals surface area contributed by atoms with Gasteiger partial charge < -0.3 is 20.8 Å². The number of nitrogens with zero attached hydrogens (tertiary/aromatic N) is 1. The Balaban J connectivity index is 0.00000132. The second kappa shape index (κ2) is 7.97. The maximum Gasteiger partial charge on any atom is 0.240 e. The van der Waals surface area contributed by atoms with Gasteiger partial charge in [0.1, 0.15) is 5.82 Å². The smallest absolute Gasteiger partial charge is 0.240 e. The molecule has 2 aromatic rings. The van der Waals surface area contributed by atoms with Crippen molar-refractivity contribution in [1.82, 2.24) is 15.3 Å². The fraction of sp³-hybridized carbons (Fsp3) is 0.467. The number of rotatable bonds is 3. The molecule has 1 aliphatic heterocycles. The van der Waals surface area contributed by atoms with Gasteiger partial charge >= 0.3 is 0 Å². The van der Waals surface area contributed by atoms with Gasteiger partial charge in [-0.1, -0.05) is 12.1 Å². The van der Waals surface area contributed by atoms with Crippen LogP contribution in [-0.2, 0) is 9.53 Å². The highest BCUT2D eigenvalue weighted by Gasteiger charge is 2.36. The molecule has 4 N–H and O–H groups in total. The van der Waals surface area contributed by atoms with E-state index in [0.717, 1.165) is 16.9 Å². The number of carbonyl (C=O) groups is 1. The molecule has 23 heavy (non-hydrogen) atoms. The average molecular weight is 361 g/mol. The highest BCUT2D eigenvalue weighted by molar-refractivity contribution is 5.86. The van der Waals surface area contributed by atoms with Crippen LogP contribution >= 0.6 is 24.8 Å². The summed E-state index contributed by atoms with van der Waals surface area (Å²) in [4.78, 5) is 20.1. The van der Waals surface area contributed by atoms with Gasteiger partial charge in [0.2, 0.25) is 5.91 Å². The van der Waals surface area contributed by atoms with Gasteiger partial charge in [0, 0.05) is 13.2 Å². The number of ether oxygens (including phenoxy) is 1. The molecule has 1 unspecified atom stereocenters. The summed E-state index contributed by atoms with van der Waals surface area (Å²) in [6, 6.07) is 7.57. The summed E-state index contributed by atoms with van der Waals surface area (Å²) in [7, 11) is 0. The summed E-state index contributed by atoms with van der Waals surface area (Å²) < 4.78 is 5.27. The number of H-pyrrole nitrogens is 1. The van der Waals surface area contributed by atoms with Crippen molar-refractivity contribution in [2.45, 2.75) is 31.3 Å². The Morgan fingerprint density at radius 1 is 1.35 bits per heavy atom. The standard InChI is InChI=1S/C15H20N4O2.2ClH/c1-10(13-18-11-4-2-3-5-12(11)19-13)17-14(20)15(16)6-8-21-9-7-15;;/h2-5,10H,6-9,16H2,1H3,(H,17,20)(H,18,19);2*1H. The van der Waals surface area contributed by atoms with E-state index in [9.17, 15) is 4.79 Å². The van der Waals surface area contributed by atoms with Gasteiger partial charge in [0.05, 0.1) is 22.6 Å². The van der Waals surface area contributed by atoms with E-state index in [1.165, 1.54) is 0 Å². The predicted molar refractivity (Wildman–Crippen MR) is 94.1 cm³/mol. The summed E-state index contributed by atoms with van der Waals surface area (Å²) in [6.45, 7) is 2.96. The lowest BCUT2D eigenvalue weighted by Crippen LogP contribution is -2.57. The summed E-state index contributed by atoms with van der Waals surface area (Å²) in [5.41, 5.74) is 7.20. The van der Waals surface area contributed by atoms with E-state index in [-0.39, 0.29) is 36.8 Å². The number of hydrogen-bond acceptors (Lipinski definition) is 4. The molecule has 1 atom stereocenters. The lowest BCUT2D eigenvalue weighted by Gasteiger charge is -2.32. The lowest BCUT2D eigenvalue weighted by molar-refractivity contribution is -0.130. The number of hydrogen-bond donors (Lipinski definition) is 3. The molecule has 1 amide bonds. The third kappa shape index (κ3) is 4.14. The number of nitrogens with two attached hydrogens (primary N) is 1. The number of amides is 1. The molecule has 3 rings (SSSR count). The highest BCUT2D eigenvalue weighted by atomic mass is 35.5. The highest BCUT2D eigenvalue weighted by Crippen LogP contribution is 2.20. The third-order valence-corrected chi connectivity index (χ3v) is 4.00. The van der Waals surface area contributed by atoms with E-state index in [1.54, 1.807) is 0 Å². The van der Waals surface area contributed by atoms with E-state index in [0.29, 0.717) is 26.1 Å². The van der Waals surface area contributed by atoms with Crippen LogP contribution in [-0.4, -0.2) is 34.6 Å². The number of aromatic nitrogens is 2. The van der Waals surface area contributed by atoms with Crippen molar-refractivity contribution in [2.24, 2.45) is 5.73 Å². The molecule has 0 saturated carbocycles. The molecular formula is C15H22Cl2N4O2. The average Bonchev–Trinajstić information content (AvgIpc) is 2.92. The quantitative estimate of drug-likeness (QED) is 0.781. The fourth-order valence-corrected chi connectivity index (χ4v) is 2.55. The number of carbonyl (C=O) groups excluding carboxylic acids is 1. The van der Waals surface area contributed by atoms with Gasteiger partial charge in [-0.05, 0) is 31.9 Å². The van der Waals surface area contributed by atoms with Crippen molar-refractivity contribution < 1.29 is 9.53 Å². The number of para-hydroxylation sites is 2. The summed E-state index contributed by atoms with van der Waals surface area (Å²) >= 11 is 0. The first-order valence-electron chi connectivity index (χ1n) is 7.21. The lowest BCUT2D eigenvalue weighted by atomic mass is 9.90. The van der Waals surface area contributed by atoms with Gasteiger partial charge in [-0.2, -0.15) is 0 Å². The SMILES string of the molecule is CC(NC(=O)C1(N)CCOCC1)c1nc2ccccc2[nH]1.Cl.Cl. The fourth-order valence-electron chi connectivity index (χ4n) is 2.55. The van der Waals surface area contributed by atoms with Crippen molar-refractivity contribution in [3.63, 3.8) is 0 Å². The molecule has 8 heteroatoms. The number of benzene rings is 1. The molecule has 0 bridgehead atoms. The van der Waals surface area contributed by atoms with Crippen LogP contribution in [0.4, 0.5) is 0 Å². The monoisotopic (exact) mass is 360 g/mol. The molecule has 1 aromatic heterocycles. The van der Waals surface area contributed by atoms with Crippen molar-refractivity contribution in [2.75, 3.05) is 13.2 Å². The zero-order valence-electron chi connectivity index (χ0n) is 12.9. The number of aromatic amines is 1. The Labute approximate surface area is 147 Å². The molecule has 1 aliphatic rings. The van der Waals surface area contributed by atoms with Crippen LogP contribution in [0, 0.1) is 0 Å². The predicted octanol–water partition coefficient (Wildman–Crippen LogP) is 2.09. The van der Waals surface area contributed by atoms with E-state index < -0.39 is 5.54 Å². The normalized spacial score (nSPS) is 17.7. The molecule has 1 fully saturated rings. The van der Waals surface area contributed by atoms with Gasteiger partial charge in [-0.15, -0.1) is 24.8 Å². The molecule has 0 aliphatic carbocycles. The number of nitrogens with one attached hydrogen (secondary N) is 2. The van der Waals surface area contributed by atoms with E-state index >= 15 is 0 Å². The Morgan fingerprint density at radius 3 is 2.65 bits per heavy atom. The van der Waals surface area contributed by atoms with Crippen LogP contribution < -0.4 is 11.1 Å². The first-order valence-corrected chi connectivity index (χ1v) is 7.21. The summed E-state index contributed by atoms with van der Waals surface area (Å²) in [6.07, 6.45) is 1.09. The minimum absolute atomic E-state index is 0. The molecule has 2 heterocycles. The maximum atomic E-state index is 12.4. The maximum absolute atomic E-state index is 12.4.